The normalized spacial score (nSPS) is 11.9. The van der Waals surface area contributed by atoms with Crippen molar-refractivity contribution in [3.63, 3.8) is 0 Å². The van der Waals surface area contributed by atoms with Crippen molar-refractivity contribution in [2.24, 2.45) is 0 Å². The highest BCUT2D eigenvalue weighted by Crippen LogP contribution is 2.24. The first-order chi connectivity index (χ1) is 9.15. The average Bonchev–Trinajstić information content (AvgIpc) is 2.82. The Morgan fingerprint density at radius 3 is 2.89 bits per heavy atom. The van der Waals surface area contributed by atoms with Crippen LogP contribution in [0.25, 0.3) is 0 Å². The van der Waals surface area contributed by atoms with Crippen LogP contribution in [0.3, 0.4) is 0 Å². The smallest absolute Gasteiger partial charge is 0.223 e. The summed E-state index contributed by atoms with van der Waals surface area (Å²) in [6.07, 6.45) is 0.681. The molecule has 1 atom stereocenters. The molecule has 0 aliphatic rings. The number of anilines is 1. The standard InChI is InChI=1S/C13H13FN4O/c1-3-11(13-16-8(2)19-18-13)17-12-6-4-5-10(14)9(12)7-15/h4-6,11,17H,3H2,1-2H3. The zero-order valence-electron chi connectivity index (χ0n) is 10.6. The van der Waals surface area contributed by atoms with Crippen LogP contribution in [0.2, 0.25) is 0 Å². The number of hydrogen-bond acceptors (Lipinski definition) is 5. The molecular formula is C13H13FN4O. The summed E-state index contributed by atoms with van der Waals surface area (Å²) in [4.78, 5) is 4.14. The lowest BCUT2D eigenvalue weighted by molar-refractivity contribution is 0.384. The quantitative estimate of drug-likeness (QED) is 0.914. The number of aromatic nitrogens is 2. The molecule has 5 nitrogen and oxygen atoms in total. The molecule has 2 rings (SSSR count). The van der Waals surface area contributed by atoms with E-state index in [9.17, 15) is 4.39 Å². The molecule has 0 spiro atoms. The molecule has 1 aromatic heterocycles. The highest BCUT2D eigenvalue weighted by Gasteiger charge is 2.17. The van der Waals surface area contributed by atoms with Gasteiger partial charge in [0.2, 0.25) is 5.89 Å². The molecule has 0 aliphatic carbocycles. The number of benzene rings is 1. The van der Waals surface area contributed by atoms with E-state index < -0.39 is 5.82 Å². The fourth-order valence-corrected chi connectivity index (χ4v) is 1.75. The highest BCUT2D eigenvalue weighted by molar-refractivity contribution is 5.58. The second-order valence-electron chi connectivity index (χ2n) is 4.05. The fourth-order valence-electron chi connectivity index (χ4n) is 1.75. The lowest BCUT2D eigenvalue weighted by Gasteiger charge is -2.15. The van der Waals surface area contributed by atoms with Crippen molar-refractivity contribution < 1.29 is 8.91 Å². The number of nitrogens with zero attached hydrogens (tertiary/aromatic N) is 3. The van der Waals surface area contributed by atoms with Crippen molar-refractivity contribution in [2.75, 3.05) is 5.32 Å². The Morgan fingerprint density at radius 2 is 2.32 bits per heavy atom. The zero-order valence-corrected chi connectivity index (χ0v) is 10.6. The number of aryl methyl sites for hydroxylation is 1. The SMILES string of the molecule is CCC(Nc1cccc(F)c1C#N)c1noc(C)n1. The van der Waals surface area contributed by atoms with Gasteiger partial charge in [-0.3, -0.25) is 0 Å². The summed E-state index contributed by atoms with van der Waals surface area (Å²) in [5, 5.41) is 15.9. The van der Waals surface area contributed by atoms with Crippen LogP contribution in [-0.4, -0.2) is 10.1 Å². The Labute approximate surface area is 110 Å². The Morgan fingerprint density at radius 1 is 1.53 bits per heavy atom. The van der Waals surface area contributed by atoms with Crippen LogP contribution in [0, 0.1) is 24.1 Å². The van der Waals surface area contributed by atoms with E-state index in [0.29, 0.717) is 23.8 Å². The van der Waals surface area contributed by atoms with Crippen LogP contribution in [0.5, 0.6) is 0 Å². The Kier molecular flexibility index (Phi) is 3.76. The molecular weight excluding hydrogens is 247 g/mol. The monoisotopic (exact) mass is 260 g/mol. The average molecular weight is 260 g/mol. The third kappa shape index (κ3) is 2.71. The van der Waals surface area contributed by atoms with Crippen LogP contribution >= 0.6 is 0 Å². The Hall–Kier alpha value is -2.42. The van der Waals surface area contributed by atoms with Crippen molar-refractivity contribution in [3.8, 4) is 6.07 Å². The van der Waals surface area contributed by atoms with E-state index in [0.717, 1.165) is 0 Å². The molecule has 1 N–H and O–H groups in total. The summed E-state index contributed by atoms with van der Waals surface area (Å²) in [5.74, 6) is 0.412. The third-order valence-electron chi connectivity index (χ3n) is 2.72. The number of hydrogen-bond donors (Lipinski definition) is 1. The van der Waals surface area contributed by atoms with E-state index in [1.54, 1.807) is 19.1 Å². The van der Waals surface area contributed by atoms with Crippen molar-refractivity contribution >= 4 is 5.69 Å². The highest BCUT2D eigenvalue weighted by atomic mass is 19.1. The van der Waals surface area contributed by atoms with Gasteiger partial charge in [0.15, 0.2) is 5.82 Å². The maximum atomic E-state index is 13.5. The molecule has 6 heteroatoms. The topological polar surface area (TPSA) is 74.7 Å². The molecule has 0 fully saturated rings. The largest absolute Gasteiger partial charge is 0.374 e. The van der Waals surface area contributed by atoms with Gasteiger partial charge in [0, 0.05) is 6.92 Å². The molecule has 19 heavy (non-hydrogen) atoms. The summed E-state index contributed by atoms with van der Waals surface area (Å²) < 4.78 is 18.4. The van der Waals surface area contributed by atoms with Gasteiger partial charge >= 0.3 is 0 Å². The summed E-state index contributed by atoms with van der Waals surface area (Å²) in [6, 6.07) is 6.07. The summed E-state index contributed by atoms with van der Waals surface area (Å²) in [6.45, 7) is 3.64. The van der Waals surface area contributed by atoms with Crippen LogP contribution < -0.4 is 5.32 Å². The minimum atomic E-state index is -0.549. The maximum Gasteiger partial charge on any atom is 0.223 e. The summed E-state index contributed by atoms with van der Waals surface area (Å²) in [7, 11) is 0. The van der Waals surface area contributed by atoms with Gasteiger partial charge in [0.25, 0.3) is 0 Å². The molecule has 0 saturated carbocycles. The first-order valence-corrected chi connectivity index (χ1v) is 5.91. The van der Waals surface area contributed by atoms with Crippen LogP contribution in [0.1, 0.15) is 36.7 Å². The van der Waals surface area contributed by atoms with Gasteiger partial charge in [-0.05, 0) is 18.6 Å². The first kappa shape index (κ1) is 13.0. The van der Waals surface area contributed by atoms with Gasteiger partial charge in [-0.15, -0.1) is 0 Å². The molecule has 98 valence electrons. The lowest BCUT2D eigenvalue weighted by Crippen LogP contribution is -2.12. The third-order valence-corrected chi connectivity index (χ3v) is 2.72. The minimum absolute atomic E-state index is 0.0128. The molecule has 0 aliphatic heterocycles. The van der Waals surface area contributed by atoms with Gasteiger partial charge in [-0.2, -0.15) is 10.2 Å². The molecule has 0 amide bonds. The predicted molar refractivity (Wildman–Crippen MR) is 66.8 cm³/mol. The second-order valence-corrected chi connectivity index (χ2v) is 4.05. The van der Waals surface area contributed by atoms with Gasteiger partial charge < -0.3 is 9.84 Å². The summed E-state index contributed by atoms with van der Waals surface area (Å²) >= 11 is 0. The lowest BCUT2D eigenvalue weighted by atomic mass is 10.1. The van der Waals surface area contributed by atoms with E-state index in [2.05, 4.69) is 15.5 Å². The molecule has 0 saturated heterocycles. The molecule has 1 heterocycles. The van der Waals surface area contributed by atoms with Crippen molar-refractivity contribution in [3.05, 3.63) is 41.3 Å². The van der Waals surface area contributed by atoms with Crippen molar-refractivity contribution in [1.82, 2.24) is 10.1 Å². The first-order valence-electron chi connectivity index (χ1n) is 5.91. The van der Waals surface area contributed by atoms with Gasteiger partial charge in [0.05, 0.1) is 11.7 Å². The Balaban J connectivity index is 2.29. The number of halogens is 1. The summed E-state index contributed by atoms with van der Waals surface area (Å²) in [5.41, 5.74) is 0.415. The molecule has 0 radical (unpaired) electrons. The van der Waals surface area contributed by atoms with Crippen molar-refractivity contribution in [1.29, 1.82) is 5.26 Å². The van der Waals surface area contributed by atoms with Gasteiger partial charge in [-0.25, -0.2) is 4.39 Å². The molecule has 0 bridgehead atoms. The van der Waals surface area contributed by atoms with Crippen molar-refractivity contribution in [2.45, 2.75) is 26.3 Å². The van der Waals surface area contributed by atoms with E-state index in [1.165, 1.54) is 6.07 Å². The number of nitrogens with one attached hydrogen (secondary N) is 1. The number of rotatable bonds is 4. The van der Waals surface area contributed by atoms with Crippen LogP contribution in [0.15, 0.2) is 22.7 Å². The van der Waals surface area contributed by atoms with Gasteiger partial charge in [-0.1, -0.05) is 18.1 Å². The van der Waals surface area contributed by atoms with Crippen LogP contribution in [0.4, 0.5) is 10.1 Å². The molecule has 2 aromatic rings. The van der Waals surface area contributed by atoms with Gasteiger partial charge in [0.1, 0.15) is 17.4 Å². The van der Waals surface area contributed by atoms with E-state index in [1.807, 2.05) is 13.0 Å². The maximum absolute atomic E-state index is 13.5. The van der Waals surface area contributed by atoms with E-state index in [4.69, 9.17) is 9.78 Å². The molecule has 1 unspecified atom stereocenters. The molecule has 1 aromatic carbocycles. The second kappa shape index (κ2) is 5.48. The van der Waals surface area contributed by atoms with E-state index in [-0.39, 0.29) is 11.6 Å². The minimum Gasteiger partial charge on any atom is -0.374 e. The zero-order chi connectivity index (χ0) is 13.8. The fraction of sp³-hybridized carbons (Fsp3) is 0.308. The predicted octanol–water partition coefficient (Wildman–Crippen LogP) is 2.95. The van der Waals surface area contributed by atoms with Crippen LogP contribution in [-0.2, 0) is 0 Å². The number of nitriles is 1. The van der Waals surface area contributed by atoms with E-state index >= 15 is 0 Å². The Bertz CT molecular complexity index is 617.